The van der Waals surface area contributed by atoms with Gasteiger partial charge in [-0.15, -0.1) is 0 Å². The summed E-state index contributed by atoms with van der Waals surface area (Å²) in [6.07, 6.45) is -3.53. The summed E-state index contributed by atoms with van der Waals surface area (Å²) in [5.74, 6) is -0.309. The number of nitrogens with one attached hydrogen (secondary N) is 1. The zero-order valence-electron chi connectivity index (χ0n) is 23.8. The number of hydrogen-bond donors (Lipinski definition) is 7. The third-order valence-corrected chi connectivity index (χ3v) is 8.73. The zero-order valence-corrected chi connectivity index (χ0v) is 25.6. The van der Waals surface area contributed by atoms with Gasteiger partial charge in [0.1, 0.15) is 30.2 Å². The minimum atomic E-state index is -5.08. The van der Waals surface area contributed by atoms with Gasteiger partial charge in [0.2, 0.25) is 5.95 Å². The van der Waals surface area contributed by atoms with E-state index in [2.05, 4.69) is 36.0 Å². The van der Waals surface area contributed by atoms with Gasteiger partial charge >= 0.3 is 15.6 Å². The number of aromatic amines is 1. The normalized spacial score (nSPS) is 26.3. The van der Waals surface area contributed by atoms with Crippen LogP contribution in [0.3, 0.4) is 0 Å². The number of fused-ring (bicyclic) bond motifs is 2. The van der Waals surface area contributed by atoms with Crippen LogP contribution in [0.4, 0.5) is 11.6 Å². The first kappa shape index (κ1) is 33.0. The number of hydrogen-bond acceptors (Lipinski definition) is 16. The summed E-state index contributed by atoms with van der Waals surface area (Å²) in [5.41, 5.74) is 10.8. The highest BCUT2D eigenvalue weighted by atomic mass is 31.2. The molecule has 2 aliphatic rings. The summed E-state index contributed by atoms with van der Waals surface area (Å²) >= 11 is 0. The van der Waals surface area contributed by atoms with E-state index in [9.17, 15) is 28.7 Å². The number of imidazole rings is 1. The van der Waals surface area contributed by atoms with Gasteiger partial charge in [-0.2, -0.15) is 4.98 Å². The lowest BCUT2D eigenvalue weighted by atomic mass is 10.1. The van der Waals surface area contributed by atoms with Crippen LogP contribution in [0.1, 0.15) is 18.9 Å². The van der Waals surface area contributed by atoms with Crippen molar-refractivity contribution in [2.45, 2.75) is 43.3 Å². The maximum atomic E-state index is 13.2. The summed E-state index contributed by atoms with van der Waals surface area (Å²) in [5, 5.41) is 11.1. The lowest BCUT2D eigenvalue weighted by Crippen LogP contribution is -2.35. The number of rotatable bonds is 10. The van der Waals surface area contributed by atoms with Gasteiger partial charge in [-0.05, 0) is 5.57 Å². The van der Waals surface area contributed by atoms with E-state index < -0.39 is 76.8 Å². The summed E-state index contributed by atoms with van der Waals surface area (Å²) in [7, 11) is -10.1. The van der Waals surface area contributed by atoms with Crippen LogP contribution in [0.5, 0.6) is 0 Å². The van der Waals surface area contributed by atoms with E-state index in [1.807, 2.05) is 0 Å². The molecule has 22 nitrogen and oxygen atoms in total. The molecule has 0 bridgehead atoms. The predicted molar refractivity (Wildman–Crippen MR) is 157 cm³/mol. The SMILES string of the molecule is C=C1C[C@@H](COP(=O)(O)O[C@H]2C(O)[C@@H](COP(=O)(O)O)O[C@H]2n2cnc3c(=O)[nH]c(N)nc32)O[C@H]1n1cnc2c(N)cncc2c1=O. The van der Waals surface area contributed by atoms with Gasteiger partial charge in [-0.1, -0.05) is 6.58 Å². The number of H-pyrrole nitrogens is 1. The second kappa shape index (κ2) is 12.3. The molecular formula is C23H27N9O13P2. The van der Waals surface area contributed by atoms with Crippen LogP contribution < -0.4 is 22.6 Å². The molecule has 2 aliphatic heterocycles. The number of nitrogens with zero attached hydrogens (tertiary/aromatic N) is 6. The van der Waals surface area contributed by atoms with Crippen molar-refractivity contribution in [3.8, 4) is 0 Å². The molecule has 7 atom stereocenters. The summed E-state index contributed by atoms with van der Waals surface area (Å²) in [4.78, 5) is 72.5. The number of ether oxygens (including phenoxy) is 2. The Bertz CT molecular complexity index is 2080. The van der Waals surface area contributed by atoms with Crippen molar-refractivity contribution in [3.05, 3.63) is 57.9 Å². The highest BCUT2D eigenvalue weighted by molar-refractivity contribution is 7.47. The molecule has 0 aromatic carbocycles. The van der Waals surface area contributed by atoms with E-state index in [-0.39, 0.29) is 40.1 Å². The molecule has 2 saturated heterocycles. The number of aromatic nitrogens is 7. The van der Waals surface area contributed by atoms with Gasteiger partial charge in [0, 0.05) is 12.6 Å². The summed E-state index contributed by atoms with van der Waals surface area (Å²) in [6.45, 7) is 2.50. The number of phosphoric ester groups is 2. The van der Waals surface area contributed by atoms with Crippen LogP contribution in [0, 0.1) is 0 Å². The number of aliphatic hydroxyl groups excluding tert-OH is 1. The Balaban J connectivity index is 1.19. The monoisotopic (exact) mass is 699 g/mol. The smallest absolute Gasteiger partial charge is 0.396 e. The van der Waals surface area contributed by atoms with Crippen LogP contribution in [-0.2, 0) is 32.2 Å². The molecule has 2 fully saturated rings. The molecule has 0 saturated carbocycles. The topological polar surface area (TPSA) is 325 Å². The van der Waals surface area contributed by atoms with E-state index in [4.69, 9.17) is 39.8 Å². The van der Waals surface area contributed by atoms with Gasteiger partial charge in [0.25, 0.3) is 11.1 Å². The van der Waals surface area contributed by atoms with Crippen molar-refractivity contribution in [2.75, 3.05) is 24.7 Å². The largest absolute Gasteiger partial charge is 0.472 e. The first-order valence-electron chi connectivity index (χ1n) is 13.5. The Labute approximate surface area is 261 Å². The van der Waals surface area contributed by atoms with Gasteiger partial charge in [-0.3, -0.25) is 42.3 Å². The van der Waals surface area contributed by atoms with E-state index in [0.29, 0.717) is 5.57 Å². The third kappa shape index (κ3) is 6.62. The van der Waals surface area contributed by atoms with Crippen molar-refractivity contribution in [2.24, 2.45) is 0 Å². The number of aliphatic hydroxyl groups is 1. The second-order valence-electron chi connectivity index (χ2n) is 10.5. The fraction of sp³-hybridized carbons (Fsp3) is 0.391. The van der Waals surface area contributed by atoms with Crippen LogP contribution >= 0.6 is 15.6 Å². The Hall–Kier alpha value is -3.92. The van der Waals surface area contributed by atoms with Crippen molar-refractivity contribution in [1.29, 1.82) is 0 Å². The molecular weight excluding hydrogens is 672 g/mol. The molecule has 252 valence electrons. The molecule has 0 aliphatic carbocycles. The van der Waals surface area contributed by atoms with E-state index in [1.54, 1.807) is 0 Å². The highest BCUT2D eigenvalue weighted by Gasteiger charge is 2.50. The minimum absolute atomic E-state index is 0.104. The molecule has 4 aromatic rings. The number of phosphoric acid groups is 2. The second-order valence-corrected chi connectivity index (χ2v) is 13.2. The zero-order chi connectivity index (χ0) is 33.8. The highest BCUT2D eigenvalue weighted by Crippen LogP contribution is 2.50. The quantitative estimate of drug-likeness (QED) is 0.0755. The fourth-order valence-electron chi connectivity index (χ4n) is 5.18. The van der Waals surface area contributed by atoms with Crippen molar-refractivity contribution in [1.82, 2.24) is 34.1 Å². The van der Waals surface area contributed by atoms with Crippen LogP contribution in [0.25, 0.3) is 22.1 Å². The maximum Gasteiger partial charge on any atom is 0.472 e. The molecule has 2 unspecified atom stereocenters. The molecule has 24 heteroatoms. The van der Waals surface area contributed by atoms with Crippen LogP contribution in [0.2, 0.25) is 0 Å². The van der Waals surface area contributed by atoms with Gasteiger partial charge in [0.05, 0.1) is 42.9 Å². The molecule has 0 amide bonds. The molecule has 0 spiro atoms. The molecule has 4 aromatic heterocycles. The minimum Gasteiger partial charge on any atom is -0.396 e. The molecule has 47 heavy (non-hydrogen) atoms. The predicted octanol–water partition coefficient (Wildman–Crippen LogP) is -1.20. The first-order valence-corrected chi connectivity index (χ1v) is 16.5. The number of pyridine rings is 1. The molecule has 6 heterocycles. The number of anilines is 2. The molecule has 6 rings (SSSR count). The van der Waals surface area contributed by atoms with E-state index in [0.717, 1.165) is 10.9 Å². The number of nitrogens with two attached hydrogens (primary N) is 2. The van der Waals surface area contributed by atoms with Gasteiger partial charge in [-0.25, -0.2) is 19.1 Å². The molecule has 9 N–H and O–H groups in total. The third-order valence-electron chi connectivity index (χ3n) is 7.26. The van der Waals surface area contributed by atoms with Gasteiger partial charge < -0.3 is 40.7 Å². The lowest BCUT2D eigenvalue weighted by molar-refractivity contribution is -0.0533. The first-order chi connectivity index (χ1) is 22.1. The Kier molecular flexibility index (Phi) is 8.61. The van der Waals surface area contributed by atoms with Crippen molar-refractivity contribution in [3.63, 3.8) is 0 Å². The van der Waals surface area contributed by atoms with Gasteiger partial charge in [0.15, 0.2) is 23.6 Å². The Morgan fingerprint density at radius 2 is 1.77 bits per heavy atom. The molecule has 0 radical (unpaired) electrons. The van der Waals surface area contributed by atoms with Crippen molar-refractivity contribution < 1.29 is 52.0 Å². The maximum absolute atomic E-state index is 13.2. The average molecular weight is 699 g/mol. The summed E-state index contributed by atoms with van der Waals surface area (Å²) < 4.78 is 53.1. The lowest BCUT2D eigenvalue weighted by Gasteiger charge is -2.24. The van der Waals surface area contributed by atoms with E-state index in [1.165, 1.54) is 23.3 Å². The van der Waals surface area contributed by atoms with Crippen molar-refractivity contribution >= 4 is 49.3 Å². The standard InChI is InChI=1S/C23H27N9O13P2/c1-9-2-10(43-21(9)32-8-27-14-11(20(32)35)3-26-4-12(14)24)5-42-47(39,40)45-17-16(33)13(6-41-46(36,37)38)44-22(17)31-7-28-15-18(31)29-23(25)30-19(15)34/h3-4,7-8,10,13,16-17,21-22,33H,1-2,5-6,24H2,(H,39,40)(H2,36,37,38)(H3,25,29,30,34)/t10-,13+,16?,17-,21+,22+/m0/s1. The number of nitrogen functional groups attached to an aromatic ring is 2. The Morgan fingerprint density at radius 1 is 1.04 bits per heavy atom. The Morgan fingerprint density at radius 3 is 2.51 bits per heavy atom. The van der Waals surface area contributed by atoms with Crippen LogP contribution in [0.15, 0.2) is 46.8 Å². The van der Waals surface area contributed by atoms with Crippen LogP contribution in [-0.4, -0.2) is 91.5 Å². The summed E-state index contributed by atoms with van der Waals surface area (Å²) in [6, 6.07) is 0. The fourth-order valence-corrected chi connectivity index (χ4v) is 6.48. The van der Waals surface area contributed by atoms with E-state index >= 15 is 0 Å². The average Bonchev–Trinajstić information content (AvgIpc) is 3.66.